The average molecular weight is 399 g/mol. The molecule has 0 saturated carbocycles. The van der Waals surface area contributed by atoms with E-state index in [2.05, 4.69) is 24.5 Å². The van der Waals surface area contributed by atoms with Crippen LogP contribution in [0.25, 0.3) is 0 Å². The zero-order chi connectivity index (χ0) is 20.5. The van der Waals surface area contributed by atoms with Gasteiger partial charge in [0, 0.05) is 6.61 Å². The molecule has 6 nitrogen and oxygen atoms in total. The third-order valence-electron chi connectivity index (χ3n) is 4.51. The predicted molar refractivity (Wildman–Crippen MR) is 115 cm³/mol. The number of carbonyl (C=O) groups is 1. The number of benzene rings is 2. The second kappa shape index (κ2) is 10.7. The van der Waals surface area contributed by atoms with Crippen molar-refractivity contribution in [2.75, 3.05) is 37.0 Å². The molecule has 2 aromatic rings. The molecular weight excluding hydrogens is 368 g/mol. The van der Waals surface area contributed by atoms with Crippen LogP contribution in [-0.2, 0) is 9.53 Å². The van der Waals surface area contributed by atoms with Crippen molar-refractivity contribution in [1.82, 2.24) is 0 Å². The largest absolute Gasteiger partial charge is 0.491 e. The molecule has 1 saturated heterocycles. The fourth-order valence-corrected chi connectivity index (χ4v) is 3.02. The van der Waals surface area contributed by atoms with Crippen molar-refractivity contribution in [2.24, 2.45) is 5.92 Å². The number of hydrogen-bond donors (Lipinski definition) is 2. The summed E-state index contributed by atoms with van der Waals surface area (Å²) >= 11 is 0. The van der Waals surface area contributed by atoms with Gasteiger partial charge in [-0.2, -0.15) is 0 Å². The number of nitrogens with one attached hydrogen (secondary N) is 2. The number of ether oxygens (including phenoxy) is 3. The molecule has 0 bridgehead atoms. The van der Waals surface area contributed by atoms with E-state index in [9.17, 15) is 4.79 Å². The van der Waals surface area contributed by atoms with Crippen molar-refractivity contribution in [3.8, 4) is 11.5 Å². The van der Waals surface area contributed by atoms with Crippen molar-refractivity contribution >= 4 is 17.3 Å². The first-order valence-electron chi connectivity index (χ1n) is 10.2. The van der Waals surface area contributed by atoms with Crippen molar-refractivity contribution in [3.63, 3.8) is 0 Å². The van der Waals surface area contributed by atoms with Crippen LogP contribution in [0.5, 0.6) is 11.5 Å². The molecule has 3 rings (SSSR count). The van der Waals surface area contributed by atoms with Crippen LogP contribution >= 0.6 is 0 Å². The molecule has 1 amide bonds. The second-order valence-corrected chi connectivity index (χ2v) is 7.54. The monoisotopic (exact) mass is 398 g/mol. The Morgan fingerprint density at radius 2 is 1.76 bits per heavy atom. The maximum absolute atomic E-state index is 12.5. The molecular formula is C23H30N2O4. The van der Waals surface area contributed by atoms with Crippen LogP contribution in [0.2, 0.25) is 0 Å². The van der Waals surface area contributed by atoms with Gasteiger partial charge in [0.1, 0.15) is 18.1 Å². The van der Waals surface area contributed by atoms with Crippen LogP contribution in [0.1, 0.15) is 26.7 Å². The van der Waals surface area contributed by atoms with Gasteiger partial charge in [-0.3, -0.25) is 4.79 Å². The van der Waals surface area contributed by atoms with Gasteiger partial charge in [-0.15, -0.1) is 0 Å². The Labute approximate surface area is 172 Å². The molecule has 1 fully saturated rings. The van der Waals surface area contributed by atoms with Crippen LogP contribution < -0.4 is 20.1 Å². The molecule has 29 heavy (non-hydrogen) atoms. The lowest BCUT2D eigenvalue weighted by Gasteiger charge is -2.16. The van der Waals surface area contributed by atoms with Crippen LogP contribution in [-0.4, -0.2) is 38.4 Å². The molecule has 2 aromatic carbocycles. The molecule has 6 heteroatoms. The number of anilines is 2. The lowest BCUT2D eigenvalue weighted by atomic mass is 10.2. The zero-order valence-corrected chi connectivity index (χ0v) is 17.1. The summed E-state index contributed by atoms with van der Waals surface area (Å²) in [5.74, 6) is 1.67. The molecule has 1 aliphatic rings. The topological polar surface area (TPSA) is 68.8 Å². The summed E-state index contributed by atoms with van der Waals surface area (Å²) in [6.07, 6.45) is 2.21. The smallest absolute Gasteiger partial charge is 0.243 e. The minimum absolute atomic E-state index is 0.127. The van der Waals surface area contributed by atoms with Crippen molar-refractivity contribution < 1.29 is 19.0 Å². The quantitative estimate of drug-likeness (QED) is 0.623. The Balaban J connectivity index is 1.53. The van der Waals surface area contributed by atoms with Gasteiger partial charge < -0.3 is 24.8 Å². The predicted octanol–water partition coefficient (Wildman–Crippen LogP) is 4.33. The number of para-hydroxylation sites is 4. The summed E-state index contributed by atoms with van der Waals surface area (Å²) < 4.78 is 17.3. The Morgan fingerprint density at radius 1 is 1.07 bits per heavy atom. The van der Waals surface area contributed by atoms with Crippen LogP contribution in [0, 0.1) is 5.92 Å². The normalized spacial score (nSPS) is 15.9. The first-order chi connectivity index (χ1) is 14.1. The van der Waals surface area contributed by atoms with Crippen LogP contribution in [0.4, 0.5) is 11.4 Å². The summed E-state index contributed by atoms with van der Waals surface area (Å²) in [7, 11) is 0. The minimum atomic E-state index is -0.156. The van der Waals surface area contributed by atoms with E-state index >= 15 is 0 Å². The van der Waals surface area contributed by atoms with E-state index < -0.39 is 0 Å². The van der Waals surface area contributed by atoms with E-state index in [0.717, 1.165) is 30.9 Å². The van der Waals surface area contributed by atoms with Gasteiger partial charge in [0.15, 0.2) is 0 Å². The van der Waals surface area contributed by atoms with E-state index in [-0.39, 0.29) is 18.6 Å². The van der Waals surface area contributed by atoms with Crippen LogP contribution in [0.15, 0.2) is 48.5 Å². The third-order valence-corrected chi connectivity index (χ3v) is 4.51. The van der Waals surface area contributed by atoms with Gasteiger partial charge in [0.05, 0.1) is 30.6 Å². The fourth-order valence-electron chi connectivity index (χ4n) is 3.02. The summed E-state index contributed by atoms with van der Waals surface area (Å²) in [6, 6.07) is 15.1. The molecule has 0 spiro atoms. The molecule has 1 aliphatic heterocycles. The first kappa shape index (κ1) is 21.0. The molecule has 1 atom stereocenters. The summed E-state index contributed by atoms with van der Waals surface area (Å²) in [5.41, 5.74) is 1.45. The van der Waals surface area contributed by atoms with E-state index in [1.165, 1.54) is 0 Å². The summed E-state index contributed by atoms with van der Waals surface area (Å²) in [5, 5.41) is 6.07. The SMILES string of the molecule is CC(C)COc1ccccc1NCC(=O)Nc1ccccc1OCC1CCCO1. The van der Waals surface area contributed by atoms with Crippen molar-refractivity contribution in [3.05, 3.63) is 48.5 Å². The Hall–Kier alpha value is -2.73. The molecule has 1 unspecified atom stereocenters. The average Bonchev–Trinajstić information content (AvgIpc) is 3.24. The van der Waals surface area contributed by atoms with E-state index in [1.54, 1.807) is 0 Å². The number of hydrogen-bond acceptors (Lipinski definition) is 5. The number of carbonyl (C=O) groups excluding carboxylic acids is 1. The Bertz CT molecular complexity index is 788. The summed E-state index contributed by atoms with van der Waals surface area (Å²) in [6.45, 7) is 6.23. The third kappa shape index (κ3) is 6.68. The minimum Gasteiger partial charge on any atom is -0.491 e. The Morgan fingerprint density at radius 3 is 2.45 bits per heavy atom. The highest BCUT2D eigenvalue weighted by molar-refractivity contribution is 5.95. The molecule has 1 heterocycles. The molecule has 0 aromatic heterocycles. The Kier molecular flexibility index (Phi) is 7.76. The van der Waals surface area contributed by atoms with Gasteiger partial charge in [0.2, 0.25) is 5.91 Å². The van der Waals surface area contributed by atoms with E-state index in [4.69, 9.17) is 14.2 Å². The summed E-state index contributed by atoms with van der Waals surface area (Å²) in [4.78, 5) is 12.5. The van der Waals surface area contributed by atoms with E-state index in [0.29, 0.717) is 30.6 Å². The van der Waals surface area contributed by atoms with Crippen molar-refractivity contribution in [2.45, 2.75) is 32.8 Å². The maximum Gasteiger partial charge on any atom is 0.243 e. The standard InChI is InChI=1S/C23H30N2O4/c1-17(2)15-28-21-11-5-3-9-19(21)24-14-23(26)25-20-10-4-6-12-22(20)29-16-18-8-7-13-27-18/h3-6,9-12,17-18,24H,7-8,13-16H2,1-2H3,(H,25,26). The molecule has 156 valence electrons. The number of amides is 1. The van der Waals surface area contributed by atoms with Gasteiger partial charge in [0.25, 0.3) is 0 Å². The van der Waals surface area contributed by atoms with Gasteiger partial charge in [-0.25, -0.2) is 0 Å². The highest BCUT2D eigenvalue weighted by Crippen LogP contribution is 2.26. The second-order valence-electron chi connectivity index (χ2n) is 7.54. The van der Waals surface area contributed by atoms with Crippen LogP contribution in [0.3, 0.4) is 0 Å². The highest BCUT2D eigenvalue weighted by Gasteiger charge is 2.17. The lowest BCUT2D eigenvalue weighted by Crippen LogP contribution is -2.23. The lowest BCUT2D eigenvalue weighted by molar-refractivity contribution is -0.114. The molecule has 0 aliphatic carbocycles. The fraction of sp³-hybridized carbons (Fsp3) is 0.435. The van der Waals surface area contributed by atoms with Gasteiger partial charge in [-0.1, -0.05) is 38.1 Å². The van der Waals surface area contributed by atoms with Gasteiger partial charge in [-0.05, 0) is 43.0 Å². The van der Waals surface area contributed by atoms with E-state index in [1.807, 2.05) is 48.5 Å². The van der Waals surface area contributed by atoms with Gasteiger partial charge >= 0.3 is 0 Å². The number of rotatable bonds is 10. The first-order valence-corrected chi connectivity index (χ1v) is 10.2. The molecule has 0 radical (unpaired) electrons. The maximum atomic E-state index is 12.5. The molecule has 2 N–H and O–H groups in total. The zero-order valence-electron chi connectivity index (χ0n) is 17.1. The highest BCUT2D eigenvalue weighted by atomic mass is 16.5. The van der Waals surface area contributed by atoms with Crippen molar-refractivity contribution in [1.29, 1.82) is 0 Å².